The van der Waals surface area contributed by atoms with Gasteiger partial charge in [0.15, 0.2) is 0 Å². The van der Waals surface area contributed by atoms with Gasteiger partial charge in [0.25, 0.3) is 0 Å². The van der Waals surface area contributed by atoms with Gasteiger partial charge in [0, 0.05) is 17.6 Å². The number of hydrogen-bond donors (Lipinski definition) is 2. The van der Waals surface area contributed by atoms with Gasteiger partial charge in [-0.05, 0) is 37.1 Å². The Labute approximate surface area is 128 Å². The Balaban J connectivity index is 2.29. The van der Waals surface area contributed by atoms with Crippen molar-refractivity contribution in [2.75, 3.05) is 0 Å². The number of nitrogens with zero attached hydrogens (tertiary/aromatic N) is 1. The molecule has 0 amide bonds. The van der Waals surface area contributed by atoms with Crippen LogP contribution in [0.2, 0.25) is 5.02 Å². The average Bonchev–Trinajstić information content (AvgIpc) is 2.84. The van der Waals surface area contributed by atoms with Gasteiger partial charge in [0.1, 0.15) is 5.76 Å². The maximum Gasteiger partial charge on any atom is 0.241 e. The van der Waals surface area contributed by atoms with Crippen molar-refractivity contribution in [1.29, 1.82) is 0 Å². The Morgan fingerprint density at radius 2 is 2.05 bits per heavy atom. The zero-order valence-corrected chi connectivity index (χ0v) is 13.3. The minimum Gasteiger partial charge on any atom is -0.361 e. The lowest BCUT2D eigenvalue weighted by Crippen LogP contribution is -2.24. The molecule has 0 atom stereocenters. The highest BCUT2D eigenvalue weighted by atomic mass is 35.5. The Bertz CT molecular complexity index is 756. The van der Waals surface area contributed by atoms with Gasteiger partial charge in [-0.25, -0.2) is 13.1 Å². The van der Waals surface area contributed by atoms with E-state index in [1.165, 1.54) is 6.07 Å². The first-order chi connectivity index (χ1) is 9.83. The van der Waals surface area contributed by atoms with E-state index in [0.29, 0.717) is 27.6 Å². The average molecular weight is 330 g/mol. The van der Waals surface area contributed by atoms with Gasteiger partial charge in [-0.2, -0.15) is 0 Å². The molecule has 0 bridgehead atoms. The zero-order valence-electron chi connectivity index (χ0n) is 11.7. The minimum atomic E-state index is -3.71. The molecule has 114 valence electrons. The van der Waals surface area contributed by atoms with Gasteiger partial charge in [0.2, 0.25) is 10.0 Å². The number of rotatable bonds is 5. The van der Waals surface area contributed by atoms with Gasteiger partial charge in [-0.3, -0.25) is 0 Å². The number of halogens is 1. The van der Waals surface area contributed by atoms with E-state index in [-0.39, 0.29) is 18.0 Å². The van der Waals surface area contributed by atoms with E-state index in [4.69, 9.17) is 21.9 Å². The molecule has 0 saturated carbocycles. The molecule has 1 aromatic heterocycles. The van der Waals surface area contributed by atoms with Crippen LogP contribution in [0.1, 0.15) is 22.6 Å². The number of sulfonamides is 1. The third-order valence-electron chi connectivity index (χ3n) is 3.06. The first-order valence-corrected chi connectivity index (χ1v) is 8.10. The standard InChI is InChI=1S/C13H16ClN3O3S/c1-8-3-12(17-20-8)7-16-21(18,19)13-5-11(14)4-10(6-15)9(13)2/h3-5,16H,6-7,15H2,1-2H3. The van der Waals surface area contributed by atoms with Gasteiger partial charge >= 0.3 is 0 Å². The summed E-state index contributed by atoms with van der Waals surface area (Å²) in [5.41, 5.74) is 7.40. The van der Waals surface area contributed by atoms with Crippen molar-refractivity contribution in [2.45, 2.75) is 31.8 Å². The number of nitrogens with two attached hydrogens (primary N) is 1. The predicted molar refractivity (Wildman–Crippen MR) is 79.3 cm³/mol. The van der Waals surface area contributed by atoms with Crippen LogP contribution in [0.25, 0.3) is 0 Å². The summed E-state index contributed by atoms with van der Waals surface area (Å²) in [6, 6.07) is 4.74. The SMILES string of the molecule is Cc1cc(CNS(=O)(=O)c2cc(Cl)cc(CN)c2C)no1. The van der Waals surface area contributed by atoms with Crippen molar-refractivity contribution >= 4 is 21.6 Å². The largest absolute Gasteiger partial charge is 0.361 e. The molecule has 1 aromatic carbocycles. The van der Waals surface area contributed by atoms with Crippen LogP contribution in [0, 0.1) is 13.8 Å². The third kappa shape index (κ3) is 3.62. The number of benzene rings is 1. The summed E-state index contributed by atoms with van der Waals surface area (Å²) in [6.45, 7) is 3.70. The lowest BCUT2D eigenvalue weighted by Gasteiger charge is -2.12. The first-order valence-electron chi connectivity index (χ1n) is 6.24. The highest BCUT2D eigenvalue weighted by molar-refractivity contribution is 7.89. The highest BCUT2D eigenvalue weighted by Crippen LogP contribution is 2.24. The van der Waals surface area contributed by atoms with Crippen LogP contribution in [0.3, 0.4) is 0 Å². The molecule has 0 fully saturated rings. The molecule has 2 aromatic rings. The van der Waals surface area contributed by atoms with Crippen LogP contribution in [0.4, 0.5) is 0 Å². The summed E-state index contributed by atoms with van der Waals surface area (Å²) in [5.74, 6) is 0.619. The van der Waals surface area contributed by atoms with Gasteiger partial charge in [0.05, 0.1) is 17.1 Å². The maximum absolute atomic E-state index is 12.4. The smallest absolute Gasteiger partial charge is 0.241 e. The molecule has 0 aliphatic rings. The molecule has 0 aliphatic carbocycles. The fraction of sp³-hybridized carbons (Fsp3) is 0.308. The number of aromatic nitrogens is 1. The molecule has 0 spiro atoms. The number of nitrogens with one attached hydrogen (secondary N) is 1. The Hall–Kier alpha value is -1.41. The molecule has 1 heterocycles. The van der Waals surface area contributed by atoms with E-state index < -0.39 is 10.0 Å². The summed E-state index contributed by atoms with van der Waals surface area (Å²) in [4.78, 5) is 0.121. The van der Waals surface area contributed by atoms with Crippen LogP contribution < -0.4 is 10.5 Å². The van der Waals surface area contributed by atoms with Crippen LogP contribution >= 0.6 is 11.6 Å². The quantitative estimate of drug-likeness (QED) is 0.872. The van der Waals surface area contributed by atoms with E-state index >= 15 is 0 Å². The second-order valence-electron chi connectivity index (χ2n) is 4.65. The predicted octanol–water partition coefficient (Wildman–Crippen LogP) is 1.88. The van der Waals surface area contributed by atoms with Crippen LogP contribution in [0.5, 0.6) is 0 Å². The molecular formula is C13H16ClN3O3S. The second kappa shape index (κ2) is 6.15. The topological polar surface area (TPSA) is 98.2 Å². The second-order valence-corrected chi connectivity index (χ2v) is 6.82. The lowest BCUT2D eigenvalue weighted by molar-refractivity contribution is 0.390. The fourth-order valence-corrected chi connectivity index (χ4v) is 3.56. The molecule has 8 heteroatoms. The van der Waals surface area contributed by atoms with Crippen molar-refractivity contribution in [2.24, 2.45) is 5.73 Å². The van der Waals surface area contributed by atoms with E-state index in [1.54, 1.807) is 26.0 Å². The molecule has 21 heavy (non-hydrogen) atoms. The number of aryl methyl sites for hydroxylation is 1. The number of hydrogen-bond acceptors (Lipinski definition) is 5. The van der Waals surface area contributed by atoms with E-state index in [9.17, 15) is 8.42 Å². The van der Waals surface area contributed by atoms with E-state index in [1.807, 2.05) is 0 Å². The van der Waals surface area contributed by atoms with Crippen molar-refractivity contribution in [3.63, 3.8) is 0 Å². The Kier molecular flexibility index (Phi) is 4.67. The zero-order chi connectivity index (χ0) is 15.6. The normalized spacial score (nSPS) is 11.8. The highest BCUT2D eigenvalue weighted by Gasteiger charge is 2.19. The van der Waals surface area contributed by atoms with Crippen LogP contribution in [0.15, 0.2) is 27.6 Å². The van der Waals surface area contributed by atoms with Crippen molar-refractivity contribution in [3.05, 3.63) is 45.8 Å². The van der Waals surface area contributed by atoms with Crippen LogP contribution in [-0.4, -0.2) is 13.6 Å². The van der Waals surface area contributed by atoms with Crippen molar-refractivity contribution in [3.8, 4) is 0 Å². The molecule has 2 rings (SSSR count). The van der Waals surface area contributed by atoms with Gasteiger partial charge in [-0.15, -0.1) is 0 Å². The monoisotopic (exact) mass is 329 g/mol. The molecule has 0 unspecified atom stereocenters. The van der Waals surface area contributed by atoms with Crippen LogP contribution in [-0.2, 0) is 23.1 Å². The molecule has 0 aliphatic heterocycles. The molecule has 6 nitrogen and oxygen atoms in total. The minimum absolute atomic E-state index is 0.0452. The maximum atomic E-state index is 12.4. The third-order valence-corrected chi connectivity index (χ3v) is 4.81. The fourth-order valence-electron chi connectivity index (χ4n) is 1.95. The first kappa shape index (κ1) is 16.0. The van der Waals surface area contributed by atoms with Crippen molar-refractivity contribution < 1.29 is 12.9 Å². The van der Waals surface area contributed by atoms with Gasteiger partial charge < -0.3 is 10.3 Å². The van der Waals surface area contributed by atoms with Gasteiger partial charge in [-0.1, -0.05) is 16.8 Å². The Morgan fingerprint density at radius 1 is 1.33 bits per heavy atom. The molecule has 0 saturated heterocycles. The van der Waals surface area contributed by atoms with Crippen molar-refractivity contribution in [1.82, 2.24) is 9.88 Å². The lowest BCUT2D eigenvalue weighted by atomic mass is 10.1. The summed E-state index contributed by atoms with van der Waals surface area (Å²) in [7, 11) is -3.71. The molecular weight excluding hydrogens is 314 g/mol. The Morgan fingerprint density at radius 3 is 2.62 bits per heavy atom. The summed E-state index contributed by atoms with van der Waals surface area (Å²) in [5, 5.41) is 4.07. The van der Waals surface area contributed by atoms with E-state index in [0.717, 1.165) is 0 Å². The van der Waals surface area contributed by atoms with E-state index in [2.05, 4.69) is 9.88 Å². The molecule has 3 N–H and O–H groups in total. The molecule has 0 radical (unpaired) electrons. The summed E-state index contributed by atoms with van der Waals surface area (Å²) >= 11 is 5.95. The summed E-state index contributed by atoms with van der Waals surface area (Å²) in [6.07, 6.45) is 0. The summed E-state index contributed by atoms with van der Waals surface area (Å²) < 4.78 is 32.1.